The summed E-state index contributed by atoms with van der Waals surface area (Å²) in [5.74, 6) is -0.463. The van der Waals surface area contributed by atoms with Gasteiger partial charge in [-0.15, -0.1) is 0 Å². The van der Waals surface area contributed by atoms with Gasteiger partial charge >= 0.3 is 6.18 Å². The van der Waals surface area contributed by atoms with Crippen molar-refractivity contribution in [3.05, 3.63) is 17.0 Å². The maximum atomic E-state index is 12.5. The molecule has 1 fully saturated rings. The first-order chi connectivity index (χ1) is 9.45. The van der Waals surface area contributed by atoms with E-state index in [1.54, 1.807) is 0 Å². The Morgan fingerprint density at radius 1 is 1.35 bits per heavy atom. The van der Waals surface area contributed by atoms with Gasteiger partial charge in [0, 0.05) is 25.8 Å². The topological polar surface area (TPSA) is 47.0 Å². The van der Waals surface area contributed by atoms with Gasteiger partial charge in [0.1, 0.15) is 11.0 Å². The van der Waals surface area contributed by atoms with Crippen molar-refractivity contribution in [2.75, 3.05) is 25.1 Å². The van der Waals surface area contributed by atoms with Crippen molar-refractivity contribution in [3.8, 4) is 0 Å². The Hall–Kier alpha value is -1.08. The predicted molar refractivity (Wildman–Crippen MR) is 68.7 cm³/mol. The minimum atomic E-state index is -4.60. The molecule has 112 valence electrons. The van der Waals surface area contributed by atoms with Crippen LogP contribution in [0.5, 0.6) is 0 Å². The van der Waals surface area contributed by atoms with Crippen LogP contribution in [-0.4, -0.2) is 29.7 Å². The van der Waals surface area contributed by atoms with Gasteiger partial charge in [-0.05, 0) is 25.2 Å². The third-order valence-electron chi connectivity index (χ3n) is 2.77. The van der Waals surface area contributed by atoms with Gasteiger partial charge in [0.25, 0.3) is 0 Å². The van der Waals surface area contributed by atoms with Crippen molar-refractivity contribution in [2.45, 2.75) is 25.4 Å². The summed E-state index contributed by atoms with van der Waals surface area (Å²) in [6.07, 6.45) is -1.44. The van der Waals surface area contributed by atoms with Crippen LogP contribution in [0.4, 0.5) is 19.0 Å². The van der Waals surface area contributed by atoms with E-state index in [-0.39, 0.29) is 11.0 Å². The Labute approximate surface area is 119 Å². The molecule has 1 heterocycles. The van der Waals surface area contributed by atoms with Gasteiger partial charge < -0.3 is 10.1 Å². The van der Waals surface area contributed by atoms with Gasteiger partial charge in [0.2, 0.25) is 5.82 Å². The van der Waals surface area contributed by atoms with Gasteiger partial charge in [-0.3, -0.25) is 0 Å². The zero-order chi connectivity index (χ0) is 14.6. The number of anilines is 1. The van der Waals surface area contributed by atoms with Gasteiger partial charge in [-0.1, -0.05) is 11.6 Å². The van der Waals surface area contributed by atoms with Crippen LogP contribution in [0.15, 0.2) is 6.07 Å². The number of rotatable bonds is 7. The maximum Gasteiger partial charge on any atom is 0.451 e. The van der Waals surface area contributed by atoms with Crippen molar-refractivity contribution >= 4 is 17.4 Å². The number of nitrogens with zero attached hydrogens (tertiary/aromatic N) is 2. The average molecular weight is 310 g/mol. The molecule has 0 amide bonds. The first-order valence-electron chi connectivity index (χ1n) is 6.38. The molecule has 1 aliphatic rings. The highest BCUT2D eigenvalue weighted by Gasteiger charge is 2.35. The largest absolute Gasteiger partial charge is 0.451 e. The molecular weight excluding hydrogens is 295 g/mol. The molecule has 1 aliphatic carbocycles. The van der Waals surface area contributed by atoms with E-state index < -0.39 is 12.0 Å². The van der Waals surface area contributed by atoms with Crippen LogP contribution >= 0.6 is 11.6 Å². The molecule has 0 unspecified atom stereocenters. The first-order valence-corrected chi connectivity index (χ1v) is 6.76. The summed E-state index contributed by atoms with van der Waals surface area (Å²) in [5, 5.41) is 2.55. The summed E-state index contributed by atoms with van der Waals surface area (Å²) in [6.45, 7) is 1.82. The third kappa shape index (κ3) is 5.13. The van der Waals surface area contributed by atoms with Crippen LogP contribution < -0.4 is 5.32 Å². The second kappa shape index (κ2) is 6.58. The van der Waals surface area contributed by atoms with E-state index in [1.807, 2.05) is 0 Å². The maximum absolute atomic E-state index is 12.5. The van der Waals surface area contributed by atoms with E-state index >= 15 is 0 Å². The van der Waals surface area contributed by atoms with Crippen LogP contribution in [0.25, 0.3) is 0 Å². The molecule has 0 saturated heterocycles. The molecule has 8 heteroatoms. The minimum absolute atomic E-state index is 0.0690. The molecule has 0 radical (unpaired) electrons. The van der Waals surface area contributed by atoms with E-state index in [4.69, 9.17) is 16.3 Å². The lowest BCUT2D eigenvalue weighted by molar-refractivity contribution is -0.144. The third-order valence-corrected chi connectivity index (χ3v) is 2.96. The van der Waals surface area contributed by atoms with Crippen molar-refractivity contribution in [3.63, 3.8) is 0 Å². The first kappa shape index (κ1) is 15.3. The van der Waals surface area contributed by atoms with E-state index in [0.29, 0.717) is 25.5 Å². The zero-order valence-electron chi connectivity index (χ0n) is 10.7. The fourth-order valence-electron chi connectivity index (χ4n) is 1.56. The normalized spacial score (nSPS) is 15.4. The summed E-state index contributed by atoms with van der Waals surface area (Å²) < 4.78 is 42.9. The van der Waals surface area contributed by atoms with Crippen molar-refractivity contribution < 1.29 is 17.9 Å². The number of hydrogen-bond donors (Lipinski definition) is 1. The predicted octanol–water partition coefficient (Wildman–Crippen LogP) is 3.38. The SMILES string of the molecule is FC(F)(F)c1nc(Cl)cc(NCCCOCC2CC2)n1. The van der Waals surface area contributed by atoms with Crippen LogP contribution in [0.3, 0.4) is 0 Å². The molecule has 1 aromatic rings. The van der Waals surface area contributed by atoms with E-state index in [0.717, 1.165) is 6.61 Å². The van der Waals surface area contributed by atoms with Crippen LogP contribution in [-0.2, 0) is 10.9 Å². The second-order valence-corrected chi connectivity index (χ2v) is 5.08. The Kier molecular flexibility index (Phi) is 5.04. The van der Waals surface area contributed by atoms with Gasteiger partial charge in [-0.2, -0.15) is 13.2 Å². The molecule has 1 saturated carbocycles. The van der Waals surface area contributed by atoms with Crippen LogP contribution in [0.1, 0.15) is 25.1 Å². The Morgan fingerprint density at radius 3 is 2.75 bits per heavy atom. The number of nitrogens with one attached hydrogen (secondary N) is 1. The van der Waals surface area contributed by atoms with Gasteiger partial charge in [0.05, 0.1) is 0 Å². The quantitative estimate of drug-likeness (QED) is 0.619. The molecule has 0 aliphatic heterocycles. The van der Waals surface area contributed by atoms with Crippen LogP contribution in [0, 0.1) is 5.92 Å². The molecule has 0 aromatic carbocycles. The lowest BCUT2D eigenvalue weighted by Crippen LogP contribution is -2.14. The van der Waals surface area contributed by atoms with Crippen molar-refractivity contribution in [1.29, 1.82) is 0 Å². The lowest BCUT2D eigenvalue weighted by atomic mass is 10.4. The number of aromatic nitrogens is 2. The molecule has 0 spiro atoms. The molecule has 20 heavy (non-hydrogen) atoms. The molecule has 0 atom stereocenters. The van der Waals surface area contributed by atoms with E-state index in [1.165, 1.54) is 18.9 Å². The molecule has 4 nitrogen and oxygen atoms in total. The second-order valence-electron chi connectivity index (χ2n) is 4.70. The van der Waals surface area contributed by atoms with Crippen molar-refractivity contribution in [1.82, 2.24) is 9.97 Å². The number of alkyl halides is 3. The standard InChI is InChI=1S/C12H15ClF3N3O/c13-9-6-10(19-11(18-9)12(14,15)16)17-4-1-5-20-7-8-2-3-8/h6,8H,1-5,7H2,(H,17,18,19). The highest BCUT2D eigenvalue weighted by molar-refractivity contribution is 6.29. The fraction of sp³-hybridized carbons (Fsp3) is 0.667. The van der Waals surface area contributed by atoms with Crippen LogP contribution in [0.2, 0.25) is 5.15 Å². The van der Waals surface area contributed by atoms with Crippen molar-refractivity contribution in [2.24, 2.45) is 5.92 Å². The zero-order valence-corrected chi connectivity index (χ0v) is 11.5. The summed E-state index contributed by atoms with van der Waals surface area (Å²) in [6, 6.07) is 1.27. The molecule has 1 N–H and O–H groups in total. The fourth-order valence-corrected chi connectivity index (χ4v) is 1.74. The molecular formula is C12H15ClF3N3O. The number of hydrogen-bond acceptors (Lipinski definition) is 4. The summed E-state index contributed by atoms with van der Waals surface area (Å²) in [7, 11) is 0. The number of ether oxygens (including phenoxy) is 1. The smallest absolute Gasteiger partial charge is 0.381 e. The Balaban J connectivity index is 1.75. The van der Waals surface area contributed by atoms with E-state index in [9.17, 15) is 13.2 Å². The molecule has 1 aromatic heterocycles. The summed E-state index contributed by atoms with van der Waals surface area (Å²) >= 11 is 5.54. The molecule has 2 rings (SSSR count). The minimum Gasteiger partial charge on any atom is -0.381 e. The van der Waals surface area contributed by atoms with Gasteiger partial charge in [-0.25, -0.2) is 9.97 Å². The molecule has 0 bridgehead atoms. The van der Waals surface area contributed by atoms with E-state index in [2.05, 4.69) is 15.3 Å². The number of halogens is 4. The highest BCUT2D eigenvalue weighted by atomic mass is 35.5. The average Bonchev–Trinajstić information content (AvgIpc) is 3.16. The lowest BCUT2D eigenvalue weighted by Gasteiger charge is -2.09. The monoisotopic (exact) mass is 309 g/mol. The Bertz CT molecular complexity index is 452. The van der Waals surface area contributed by atoms with Gasteiger partial charge in [0.15, 0.2) is 0 Å². The summed E-state index contributed by atoms with van der Waals surface area (Å²) in [4.78, 5) is 6.54. The highest BCUT2D eigenvalue weighted by Crippen LogP contribution is 2.29. The summed E-state index contributed by atoms with van der Waals surface area (Å²) in [5.41, 5.74) is 0. The Morgan fingerprint density at radius 2 is 2.10 bits per heavy atom.